The number of hydrogen-bond donors (Lipinski definition) is 2. The Balaban J connectivity index is 2.50. The van der Waals surface area contributed by atoms with E-state index in [1.807, 2.05) is 24.3 Å². The van der Waals surface area contributed by atoms with E-state index in [0.717, 1.165) is 18.7 Å². The molecule has 0 aliphatic heterocycles. The molecule has 0 fully saturated rings. The molecule has 1 amide bonds. The molecule has 0 spiro atoms. The normalized spacial score (nSPS) is 12.5. The maximum atomic E-state index is 10.9. The summed E-state index contributed by atoms with van der Waals surface area (Å²) in [6, 6.07) is 8.53. The largest absolute Gasteiger partial charge is 0.326 e. The van der Waals surface area contributed by atoms with Gasteiger partial charge in [-0.05, 0) is 30.0 Å². The minimum atomic E-state index is -0.0354. The van der Waals surface area contributed by atoms with Crippen molar-refractivity contribution in [3.05, 3.63) is 29.8 Å². The van der Waals surface area contributed by atoms with Crippen LogP contribution in [0, 0.1) is 5.92 Å². The molecule has 0 aliphatic carbocycles. The van der Waals surface area contributed by atoms with Gasteiger partial charge in [-0.2, -0.15) is 0 Å². The van der Waals surface area contributed by atoms with E-state index in [1.165, 1.54) is 12.5 Å². The van der Waals surface area contributed by atoms with Crippen molar-refractivity contribution in [3.8, 4) is 0 Å². The molecule has 1 atom stereocenters. The van der Waals surface area contributed by atoms with Gasteiger partial charge < -0.3 is 10.6 Å². The number of rotatable bonds is 6. The molecule has 3 nitrogen and oxygen atoms in total. The van der Waals surface area contributed by atoms with Crippen LogP contribution in [-0.4, -0.2) is 11.9 Å². The standard InChI is InChI=1S/C15H24N2O/c1-5-15(11(2)3)16-10-13-6-8-14(9-7-13)17-12(4)18/h6-9,11,15-16H,5,10H2,1-4H3,(H,17,18). The molecule has 0 bridgehead atoms. The van der Waals surface area contributed by atoms with Gasteiger partial charge in [-0.3, -0.25) is 4.79 Å². The summed E-state index contributed by atoms with van der Waals surface area (Å²) >= 11 is 0. The molecule has 1 aromatic carbocycles. The fourth-order valence-electron chi connectivity index (χ4n) is 2.01. The van der Waals surface area contributed by atoms with E-state index in [-0.39, 0.29) is 5.91 Å². The average Bonchev–Trinajstić information content (AvgIpc) is 2.31. The second-order valence-electron chi connectivity index (χ2n) is 5.02. The van der Waals surface area contributed by atoms with Crippen LogP contribution >= 0.6 is 0 Å². The number of hydrogen-bond acceptors (Lipinski definition) is 2. The van der Waals surface area contributed by atoms with Crippen molar-refractivity contribution in [2.45, 2.75) is 46.7 Å². The van der Waals surface area contributed by atoms with Crippen LogP contribution in [0.5, 0.6) is 0 Å². The lowest BCUT2D eigenvalue weighted by atomic mass is 10.0. The summed E-state index contributed by atoms with van der Waals surface area (Å²) in [5, 5.41) is 6.32. The van der Waals surface area contributed by atoms with Crippen LogP contribution in [0.4, 0.5) is 5.69 Å². The fraction of sp³-hybridized carbons (Fsp3) is 0.533. The lowest BCUT2D eigenvalue weighted by molar-refractivity contribution is -0.114. The molecule has 1 aromatic rings. The van der Waals surface area contributed by atoms with Crippen molar-refractivity contribution < 1.29 is 4.79 Å². The van der Waals surface area contributed by atoms with Gasteiger partial charge in [-0.25, -0.2) is 0 Å². The van der Waals surface area contributed by atoms with E-state index in [1.54, 1.807) is 0 Å². The molecule has 0 heterocycles. The first kappa shape index (κ1) is 14.7. The molecule has 1 unspecified atom stereocenters. The topological polar surface area (TPSA) is 41.1 Å². The maximum absolute atomic E-state index is 10.9. The Hall–Kier alpha value is -1.35. The second-order valence-corrected chi connectivity index (χ2v) is 5.02. The van der Waals surface area contributed by atoms with Crippen molar-refractivity contribution >= 4 is 11.6 Å². The zero-order chi connectivity index (χ0) is 13.5. The summed E-state index contributed by atoms with van der Waals surface area (Å²) in [4.78, 5) is 10.9. The summed E-state index contributed by atoms with van der Waals surface area (Å²) in [5.41, 5.74) is 2.09. The van der Waals surface area contributed by atoms with E-state index in [2.05, 4.69) is 31.4 Å². The van der Waals surface area contributed by atoms with Crippen LogP contribution < -0.4 is 10.6 Å². The average molecular weight is 248 g/mol. The Kier molecular flexibility index (Phi) is 5.86. The molecule has 0 saturated carbocycles. The zero-order valence-electron chi connectivity index (χ0n) is 11.8. The first-order valence-corrected chi connectivity index (χ1v) is 6.62. The van der Waals surface area contributed by atoms with Gasteiger partial charge in [-0.15, -0.1) is 0 Å². The first-order valence-electron chi connectivity index (χ1n) is 6.62. The smallest absolute Gasteiger partial charge is 0.221 e. The van der Waals surface area contributed by atoms with Crippen molar-refractivity contribution in [1.82, 2.24) is 5.32 Å². The van der Waals surface area contributed by atoms with Gasteiger partial charge >= 0.3 is 0 Å². The van der Waals surface area contributed by atoms with E-state index in [9.17, 15) is 4.79 Å². The van der Waals surface area contributed by atoms with E-state index < -0.39 is 0 Å². The maximum Gasteiger partial charge on any atom is 0.221 e. The first-order chi connectivity index (χ1) is 8.52. The number of amides is 1. The lowest BCUT2D eigenvalue weighted by Crippen LogP contribution is -2.32. The van der Waals surface area contributed by atoms with Crippen LogP contribution in [0.3, 0.4) is 0 Å². The van der Waals surface area contributed by atoms with E-state index >= 15 is 0 Å². The minimum absolute atomic E-state index is 0.0354. The van der Waals surface area contributed by atoms with Crippen LogP contribution in [0.2, 0.25) is 0 Å². The van der Waals surface area contributed by atoms with Crippen molar-refractivity contribution in [1.29, 1.82) is 0 Å². The third-order valence-corrected chi connectivity index (χ3v) is 3.09. The molecule has 0 saturated heterocycles. The Morgan fingerprint density at radius 2 is 1.83 bits per heavy atom. The molecule has 0 radical (unpaired) electrons. The number of anilines is 1. The molecule has 2 N–H and O–H groups in total. The quantitative estimate of drug-likeness (QED) is 0.812. The zero-order valence-corrected chi connectivity index (χ0v) is 11.8. The highest BCUT2D eigenvalue weighted by Gasteiger charge is 2.09. The Morgan fingerprint density at radius 1 is 1.22 bits per heavy atom. The number of benzene rings is 1. The predicted octanol–water partition coefficient (Wildman–Crippen LogP) is 3.17. The van der Waals surface area contributed by atoms with Crippen molar-refractivity contribution in [2.75, 3.05) is 5.32 Å². The molecule has 0 aromatic heterocycles. The molecule has 0 aliphatic rings. The molecule has 100 valence electrons. The van der Waals surface area contributed by atoms with E-state index in [0.29, 0.717) is 12.0 Å². The van der Waals surface area contributed by atoms with Gasteiger partial charge in [0.1, 0.15) is 0 Å². The third kappa shape index (κ3) is 4.88. The number of carbonyl (C=O) groups excluding carboxylic acids is 1. The van der Waals surface area contributed by atoms with Gasteiger partial charge in [0.25, 0.3) is 0 Å². The van der Waals surface area contributed by atoms with Gasteiger partial charge in [-0.1, -0.05) is 32.9 Å². The van der Waals surface area contributed by atoms with E-state index in [4.69, 9.17) is 0 Å². The number of carbonyl (C=O) groups is 1. The fourth-order valence-corrected chi connectivity index (χ4v) is 2.01. The van der Waals surface area contributed by atoms with Crippen molar-refractivity contribution in [3.63, 3.8) is 0 Å². The highest BCUT2D eigenvalue weighted by Crippen LogP contribution is 2.11. The van der Waals surface area contributed by atoms with Crippen LogP contribution in [0.15, 0.2) is 24.3 Å². The second kappa shape index (κ2) is 7.17. The lowest BCUT2D eigenvalue weighted by Gasteiger charge is -2.20. The molecular weight excluding hydrogens is 224 g/mol. The third-order valence-electron chi connectivity index (χ3n) is 3.09. The molecule has 3 heteroatoms. The Bertz CT molecular complexity index is 371. The van der Waals surface area contributed by atoms with Crippen molar-refractivity contribution in [2.24, 2.45) is 5.92 Å². The summed E-state index contributed by atoms with van der Waals surface area (Å²) in [6.07, 6.45) is 1.14. The monoisotopic (exact) mass is 248 g/mol. The summed E-state index contributed by atoms with van der Waals surface area (Å²) < 4.78 is 0. The van der Waals surface area contributed by atoms with Gasteiger partial charge in [0, 0.05) is 25.2 Å². The highest BCUT2D eigenvalue weighted by atomic mass is 16.1. The van der Waals surface area contributed by atoms with Gasteiger partial charge in [0.2, 0.25) is 5.91 Å². The number of nitrogens with one attached hydrogen (secondary N) is 2. The highest BCUT2D eigenvalue weighted by molar-refractivity contribution is 5.88. The summed E-state index contributed by atoms with van der Waals surface area (Å²) in [7, 11) is 0. The van der Waals surface area contributed by atoms with Crippen LogP contribution in [-0.2, 0) is 11.3 Å². The molecule has 1 rings (SSSR count). The van der Waals surface area contributed by atoms with Gasteiger partial charge in [0.15, 0.2) is 0 Å². The summed E-state index contributed by atoms with van der Waals surface area (Å²) in [6.45, 7) is 9.07. The Morgan fingerprint density at radius 3 is 2.28 bits per heavy atom. The minimum Gasteiger partial charge on any atom is -0.326 e. The Labute approximate surface area is 110 Å². The molecular formula is C15H24N2O. The molecule has 18 heavy (non-hydrogen) atoms. The summed E-state index contributed by atoms with van der Waals surface area (Å²) in [5.74, 6) is 0.611. The predicted molar refractivity (Wildman–Crippen MR) is 76.5 cm³/mol. The van der Waals surface area contributed by atoms with Crippen LogP contribution in [0.25, 0.3) is 0 Å². The van der Waals surface area contributed by atoms with Gasteiger partial charge in [0.05, 0.1) is 0 Å². The van der Waals surface area contributed by atoms with Crippen LogP contribution in [0.1, 0.15) is 39.7 Å². The SMILES string of the molecule is CCC(NCc1ccc(NC(C)=O)cc1)C(C)C.